The fourth-order valence-electron chi connectivity index (χ4n) is 2.31. The van der Waals surface area contributed by atoms with E-state index >= 15 is 0 Å². The van der Waals surface area contributed by atoms with Gasteiger partial charge in [-0.15, -0.1) is 0 Å². The van der Waals surface area contributed by atoms with E-state index in [1.807, 2.05) is 50.2 Å². The molecule has 0 heterocycles. The van der Waals surface area contributed by atoms with E-state index in [1.54, 1.807) is 12.1 Å². The van der Waals surface area contributed by atoms with Crippen molar-refractivity contribution in [2.45, 2.75) is 20.5 Å². The Labute approximate surface area is 153 Å². The summed E-state index contributed by atoms with van der Waals surface area (Å²) in [7, 11) is 2.67. The molecule has 0 aromatic heterocycles. The van der Waals surface area contributed by atoms with Crippen LogP contribution in [-0.2, 0) is 25.8 Å². The molecule has 0 radical (unpaired) electrons. The Morgan fingerprint density at radius 3 is 2.35 bits per heavy atom. The lowest BCUT2D eigenvalue weighted by Gasteiger charge is -2.10. The van der Waals surface area contributed by atoms with E-state index in [-0.39, 0.29) is 12.3 Å². The predicted octanol–water partition coefficient (Wildman–Crippen LogP) is 3.46. The monoisotopic (exact) mass is 354 g/mol. The highest BCUT2D eigenvalue weighted by atomic mass is 16.6. The maximum atomic E-state index is 11.9. The summed E-state index contributed by atoms with van der Waals surface area (Å²) in [6.07, 6.45) is 0. The average Bonchev–Trinajstić information content (AvgIpc) is 2.66. The third-order valence-electron chi connectivity index (χ3n) is 3.72. The molecular weight excluding hydrogens is 332 g/mol. The second-order valence-electron chi connectivity index (χ2n) is 5.59. The minimum absolute atomic E-state index is 0.0773. The van der Waals surface area contributed by atoms with Crippen molar-refractivity contribution in [3.8, 4) is 0 Å². The number of hydrogen-bond donors (Lipinski definition) is 0. The Hall–Kier alpha value is -3.15. The van der Waals surface area contributed by atoms with Gasteiger partial charge in [0.1, 0.15) is 13.7 Å². The van der Waals surface area contributed by atoms with E-state index in [4.69, 9.17) is 14.4 Å². The van der Waals surface area contributed by atoms with Crippen LogP contribution in [0.4, 0.5) is 0 Å². The van der Waals surface area contributed by atoms with Crippen LogP contribution in [-0.4, -0.2) is 31.6 Å². The maximum Gasteiger partial charge on any atom is 0.360 e. The summed E-state index contributed by atoms with van der Waals surface area (Å²) in [6.45, 7) is 4.09. The first-order valence-electron chi connectivity index (χ1n) is 8.08. The number of hydrogen-bond acceptors (Lipinski definition) is 6. The standard InChI is InChI=1S/C20H22N2O4/c1-14-9-11-16(12-10-14)15(2)21-26-13-17-7-5-6-8-18(17)19(22-25-4)20(23)24-3/h5-12H,13H2,1-4H3/b21-15+,22-19+. The summed E-state index contributed by atoms with van der Waals surface area (Å²) in [5, 5.41) is 7.94. The van der Waals surface area contributed by atoms with Crippen molar-refractivity contribution >= 4 is 17.4 Å². The van der Waals surface area contributed by atoms with E-state index < -0.39 is 5.97 Å². The molecule has 6 nitrogen and oxygen atoms in total. The molecule has 2 rings (SSSR count). The minimum atomic E-state index is -0.585. The van der Waals surface area contributed by atoms with Crippen LogP contribution < -0.4 is 0 Å². The number of esters is 1. The molecular formula is C20H22N2O4. The van der Waals surface area contributed by atoms with E-state index in [2.05, 4.69) is 10.3 Å². The van der Waals surface area contributed by atoms with Crippen LogP contribution in [0.15, 0.2) is 58.8 Å². The Morgan fingerprint density at radius 2 is 1.69 bits per heavy atom. The Morgan fingerprint density at radius 1 is 1.00 bits per heavy atom. The van der Waals surface area contributed by atoms with Crippen molar-refractivity contribution in [1.82, 2.24) is 0 Å². The number of rotatable bonds is 7. The van der Waals surface area contributed by atoms with Crippen LogP contribution in [0.2, 0.25) is 0 Å². The van der Waals surface area contributed by atoms with Crippen LogP contribution in [0.1, 0.15) is 29.2 Å². The zero-order valence-corrected chi connectivity index (χ0v) is 15.4. The summed E-state index contributed by atoms with van der Waals surface area (Å²) in [5.41, 5.74) is 4.33. The van der Waals surface area contributed by atoms with Gasteiger partial charge >= 0.3 is 5.97 Å². The van der Waals surface area contributed by atoms with Crippen molar-refractivity contribution in [2.24, 2.45) is 10.3 Å². The van der Waals surface area contributed by atoms with Crippen LogP contribution in [0, 0.1) is 6.92 Å². The zero-order chi connectivity index (χ0) is 18.9. The summed E-state index contributed by atoms with van der Waals surface area (Å²) in [5.74, 6) is -0.585. The van der Waals surface area contributed by atoms with Crippen LogP contribution >= 0.6 is 0 Å². The van der Waals surface area contributed by atoms with Crippen molar-refractivity contribution < 1.29 is 19.2 Å². The van der Waals surface area contributed by atoms with E-state index in [9.17, 15) is 4.79 Å². The normalized spacial score (nSPS) is 11.8. The molecule has 0 saturated heterocycles. The molecule has 0 bridgehead atoms. The first-order valence-corrected chi connectivity index (χ1v) is 8.08. The van der Waals surface area contributed by atoms with Gasteiger partial charge in [0.15, 0.2) is 5.71 Å². The summed E-state index contributed by atoms with van der Waals surface area (Å²) in [6, 6.07) is 15.3. The highest BCUT2D eigenvalue weighted by Gasteiger charge is 2.19. The van der Waals surface area contributed by atoms with Gasteiger partial charge in [0.25, 0.3) is 0 Å². The first-order chi connectivity index (χ1) is 12.6. The molecule has 2 aromatic rings. The molecule has 0 unspecified atom stereocenters. The van der Waals surface area contributed by atoms with Gasteiger partial charge < -0.3 is 14.4 Å². The van der Waals surface area contributed by atoms with Gasteiger partial charge in [0.2, 0.25) is 0 Å². The summed E-state index contributed by atoms with van der Waals surface area (Å²) in [4.78, 5) is 22.2. The van der Waals surface area contributed by atoms with Gasteiger partial charge in [-0.05, 0) is 19.4 Å². The molecule has 0 spiro atoms. The number of methoxy groups -OCH3 is 1. The zero-order valence-electron chi connectivity index (χ0n) is 15.4. The second-order valence-corrected chi connectivity index (χ2v) is 5.59. The number of nitrogens with zero attached hydrogens (tertiary/aromatic N) is 2. The van der Waals surface area contributed by atoms with Crippen LogP contribution in [0.25, 0.3) is 0 Å². The fourth-order valence-corrected chi connectivity index (χ4v) is 2.31. The van der Waals surface area contributed by atoms with Gasteiger partial charge in [-0.1, -0.05) is 64.4 Å². The lowest BCUT2D eigenvalue weighted by molar-refractivity contribution is -0.132. The van der Waals surface area contributed by atoms with E-state index in [0.717, 1.165) is 16.8 Å². The molecule has 136 valence electrons. The number of aryl methyl sites for hydroxylation is 1. The van der Waals surface area contributed by atoms with E-state index in [0.29, 0.717) is 5.56 Å². The molecule has 26 heavy (non-hydrogen) atoms. The van der Waals surface area contributed by atoms with Crippen LogP contribution in [0.5, 0.6) is 0 Å². The topological polar surface area (TPSA) is 69.5 Å². The molecule has 0 aliphatic carbocycles. The smallest absolute Gasteiger partial charge is 0.360 e. The molecule has 0 atom stereocenters. The van der Waals surface area contributed by atoms with Crippen molar-refractivity contribution in [2.75, 3.05) is 14.2 Å². The Balaban J connectivity index is 2.17. The molecule has 2 aromatic carbocycles. The molecule has 0 fully saturated rings. The van der Waals surface area contributed by atoms with Gasteiger partial charge in [-0.25, -0.2) is 4.79 Å². The molecule has 0 saturated carbocycles. The van der Waals surface area contributed by atoms with Gasteiger partial charge in [0.05, 0.1) is 12.8 Å². The second kappa shape index (κ2) is 9.36. The number of ether oxygens (including phenoxy) is 1. The van der Waals surface area contributed by atoms with Gasteiger partial charge in [0, 0.05) is 11.1 Å². The average molecular weight is 354 g/mol. The quantitative estimate of drug-likeness (QED) is 0.434. The SMILES string of the molecule is CO/N=C(/C(=O)OC)c1ccccc1CO/N=C(\C)c1ccc(C)cc1. The lowest BCUT2D eigenvalue weighted by Crippen LogP contribution is -2.19. The Bertz CT molecular complexity index is 811. The third-order valence-corrected chi connectivity index (χ3v) is 3.72. The number of benzene rings is 2. The maximum absolute atomic E-state index is 11.9. The number of carbonyl (C=O) groups is 1. The fraction of sp³-hybridized carbons (Fsp3) is 0.250. The summed E-state index contributed by atoms with van der Waals surface area (Å²) >= 11 is 0. The van der Waals surface area contributed by atoms with E-state index in [1.165, 1.54) is 19.8 Å². The lowest BCUT2D eigenvalue weighted by atomic mass is 10.0. The molecule has 0 aliphatic heterocycles. The predicted molar refractivity (Wildman–Crippen MR) is 100 cm³/mol. The number of oxime groups is 2. The molecule has 6 heteroatoms. The highest BCUT2D eigenvalue weighted by Crippen LogP contribution is 2.14. The molecule has 0 aliphatic rings. The van der Waals surface area contributed by atoms with Gasteiger partial charge in [-0.3, -0.25) is 0 Å². The van der Waals surface area contributed by atoms with Crippen molar-refractivity contribution in [1.29, 1.82) is 0 Å². The highest BCUT2D eigenvalue weighted by molar-refractivity contribution is 6.43. The molecule has 0 N–H and O–H groups in total. The van der Waals surface area contributed by atoms with Crippen molar-refractivity contribution in [3.63, 3.8) is 0 Å². The molecule has 0 amide bonds. The first kappa shape index (κ1) is 19.2. The minimum Gasteiger partial charge on any atom is -0.464 e. The van der Waals surface area contributed by atoms with Crippen molar-refractivity contribution in [3.05, 3.63) is 70.8 Å². The largest absolute Gasteiger partial charge is 0.464 e. The summed E-state index contributed by atoms with van der Waals surface area (Å²) < 4.78 is 4.77. The number of carbonyl (C=O) groups excluding carboxylic acids is 1. The van der Waals surface area contributed by atoms with Gasteiger partial charge in [-0.2, -0.15) is 0 Å². The Kier molecular flexibility index (Phi) is 6.91. The van der Waals surface area contributed by atoms with Crippen LogP contribution in [0.3, 0.4) is 0 Å². The third kappa shape index (κ3) is 4.92.